The molecule has 1 saturated heterocycles. The highest BCUT2D eigenvalue weighted by atomic mass is 32.1. The number of carboxylic acid groups (broad SMARTS) is 2. The minimum atomic E-state index is -5.08. The first-order valence-electron chi connectivity index (χ1n) is 10.4. The van der Waals surface area contributed by atoms with Crippen LogP contribution in [0.4, 0.5) is 28.4 Å². The SMILES string of the molecule is O=C(O)C(F)(F)F.O=C(O)c1cccc(NC2CCN(c3nc(-c4ccc(F)cc4)cs3)CC2)c1. The predicted octanol–water partition coefficient (Wildman–Crippen LogP) is 5.36. The molecule has 35 heavy (non-hydrogen) atoms. The Morgan fingerprint density at radius 1 is 1.06 bits per heavy atom. The van der Waals surface area contributed by atoms with Crippen LogP contribution in [0.5, 0.6) is 0 Å². The van der Waals surface area contributed by atoms with Crippen LogP contribution in [0, 0.1) is 5.82 Å². The molecule has 0 bridgehead atoms. The quantitative estimate of drug-likeness (QED) is 0.396. The lowest BCUT2D eigenvalue weighted by Crippen LogP contribution is -2.39. The summed E-state index contributed by atoms with van der Waals surface area (Å²) in [4.78, 5) is 27.0. The van der Waals surface area contributed by atoms with E-state index in [0.717, 1.165) is 48.0 Å². The van der Waals surface area contributed by atoms with Crippen molar-refractivity contribution in [2.75, 3.05) is 23.3 Å². The van der Waals surface area contributed by atoms with Crippen LogP contribution >= 0.6 is 11.3 Å². The Morgan fingerprint density at radius 2 is 1.69 bits per heavy atom. The Bertz CT molecular complexity index is 1160. The lowest BCUT2D eigenvalue weighted by molar-refractivity contribution is -0.192. The van der Waals surface area contributed by atoms with Gasteiger partial charge in [-0.15, -0.1) is 11.3 Å². The van der Waals surface area contributed by atoms with Gasteiger partial charge in [-0.3, -0.25) is 0 Å². The Kier molecular flexibility index (Phi) is 8.28. The van der Waals surface area contributed by atoms with E-state index in [0.29, 0.717) is 11.6 Å². The molecule has 7 nitrogen and oxygen atoms in total. The summed E-state index contributed by atoms with van der Waals surface area (Å²) >= 11 is 1.60. The van der Waals surface area contributed by atoms with E-state index in [1.807, 2.05) is 11.4 Å². The molecule has 1 aliphatic heterocycles. The zero-order valence-corrected chi connectivity index (χ0v) is 18.9. The first-order valence-corrected chi connectivity index (χ1v) is 11.3. The normalized spacial score (nSPS) is 14.1. The fraction of sp³-hybridized carbons (Fsp3) is 0.261. The number of hydrogen-bond acceptors (Lipinski definition) is 6. The largest absolute Gasteiger partial charge is 0.490 e. The molecule has 1 aliphatic rings. The molecule has 2 aromatic carbocycles. The van der Waals surface area contributed by atoms with Crippen LogP contribution in [0.2, 0.25) is 0 Å². The molecule has 1 fully saturated rings. The number of aliphatic carboxylic acids is 1. The molecule has 0 saturated carbocycles. The number of thiazole rings is 1. The highest BCUT2D eigenvalue weighted by Gasteiger charge is 2.38. The van der Waals surface area contributed by atoms with Crippen molar-refractivity contribution >= 4 is 34.1 Å². The summed E-state index contributed by atoms with van der Waals surface area (Å²) in [6.45, 7) is 1.76. The van der Waals surface area contributed by atoms with E-state index in [1.165, 1.54) is 12.1 Å². The third-order valence-corrected chi connectivity index (χ3v) is 6.02. The van der Waals surface area contributed by atoms with Crippen molar-refractivity contribution in [1.29, 1.82) is 0 Å². The maximum atomic E-state index is 13.1. The number of alkyl halides is 3. The molecular formula is C23H21F4N3O4S. The Hall–Kier alpha value is -3.67. The number of piperidine rings is 1. The number of aromatic carboxylic acids is 1. The van der Waals surface area contributed by atoms with Gasteiger partial charge in [0, 0.05) is 35.8 Å². The predicted molar refractivity (Wildman–Crippen MR) is 123 cm³/mol. The van der Waals surface area contributed by atoms with E-state index in [2.05, 4.69) is 10.2 Å². The van der Waals surface area contributed by atoms with E-state index in [4.69, 9.17) is 20.0 Å². The zero-order valence-electron chi connectivity index (χ0n) is 18.1. The second-order valence-electron chi connectivity index (χ2n) is 7.62. The fourth-order valence-electron chi connectivity index (χ4n) is 3.36. The molecule has 0 unspecified atom stereocenters. The van der Waals surface area contributed by atoms with E-state index >= 15 is 0 Å². The van der Waals surface area contributed by atoms with Crippen molar-refractivity contribution in [2.24, 2.45) is 0 Å². The van der Waals surface area contributed by atoms with Crippen LogP contribution in [-0.2, 0) is 4.79 Å². The van der Waals surface area contributed by atoms with Crippen molar-refractivity contribution in [3.63, 3.8) is 0 Å². The van der Waals surface area contributed by atoms with E-state index in [9.17, 15) is 22.4 Å². The summed E-state index contributed by atoms with van der Waals surface area (Å²) in [5.41, 5.74) is 2.91. The Morgan fingerprint density at radius 3 is 2.26 bits per heavy atom. The Balaban J connectivity index is 0.000000429. The van der Waals surface area contributed by atoms with Gasteiger partial charge in [0.1, 0.15) is 5.82 Å². The molecule has 3 N–H and O–H groups in total. The third kappa shape index (κ3) is 7.41. The summed E-state index contributed by atoms with van der Waals surface area (Å²) < 4.78 is 44.8. The van der Waals surface area contributed by atoms with Crippen LogP contribution in [-0.4, -0.2) is 52.4 Å². The number of halogens is 4. The number of nitrogens with zero attached hydrogens (tertiary/aromatic N) is 2. The number of carboxylic acids is 2. The minimum Gasteiger partial charge on any atom is -0.478 e. The molecule has 4 rings (SSSR count). The zero-order chi connectivity index (χ0) is 25.6. The van der Waals surface area contributed by atoms with Gasteiger partial charge in [0.25, 0.3) is 0 Å². The van der Waals surface area contributed by atoms with E-state index < -0.39 is 18.1 Å². The van der Waals surface area contributed by atoms with Crippen LogP contribution < -0.4 is 10.2 Å². The average Bonchev–Trinajstić information content (AvgIpc) is 3.30. The summed E-state index contributed by atoms with van der Waals surface area (Å²) in [6.07, 6.45) is -3.19. The van der Waals surface area contributed by atoms with Gasteiger partial charge in [-0.2, -0.15) is 13.2 Å². The average molecular weight is 511 g/mol. The second-order valence-corrected chi connectivity index (χ2v) is 8.45. The fourth-order valence-corrected chi connectivity index (χ4v) is 4.24. The summed E-state index contributed by atoms with van der Waals surface area (Å²) in [5, 5.41) is 22.7. The number of aromatic nitrogens is 1. The van der Waals surface area contributed by atoms with Crippen molar-refractivity contribution < 1.29 is 37.4 Å². The molecule has 12 heteroatoms. The highest BCUT2D eigenvalue weighted by Crippen LogP contribution is 2.30. The van der Waals surface area contributed by atoms with Crippen molar-refractivity contribution in [2.45, 2.75) is 25.1 Å². The Labute approximate surface area is 201 Å². The lowest BCUT2D eigenvalue weighted by Gasteiger charge is -2.32. The van der Waals surface area contributed by atoms with Gasteiger partial charge in [-0.05, 0) is 55.3 Å². The van der Waals surface area contributed by atoms with Gasteiger partial charge in [0.15, 0.2) is 5.13 Å². The smallest absolute Gasteiger partial charge is 0.478 e. The second kappa shape index (κ2) is 11.2. The summed E-state index contributed by atoms with van der Waals surface area (Å²) in [6, 6.07) is 13.6. The van der Waals surface area contributed by atoms with Gasteiger partial charge < -0.3 is 20.4 Å². The maximum absolute atomic E-state index is 13.1. The number of carbonyl (C=O) groups is 2. The first kappa shape index (κ1) is 25.9. The monoisotopic (exact) mass is 511 g/mol. The molecule has 0 amide bonds. The van der Waals surface area contributed by atoms with Gasteiger partial charge in [0.05, 0.1) is 11.3 Å². The first-order chi connectivity index (χ1) is 16.5. The van der Waals surface area contributed by atoms with Crippen molar-refractivity contribution in [3.05, 3.63) is 65.3 Å². The maximum Gasteiger partial charge on any atom is 0.490 e. The van der Waals surface area contributed by atoms with Gasteiger partial charge in [0.2, 0.25) is 0 Å². The van der Waals surface area contributed by atoms with Crippen LogP contribution in [0.15, 0.2) is 53.9 Å². The van der Waals surface area contributed by atoms with Crippen LogP contribution in [0.3, 0.4) is 0 Å². The van der Waals surface area contributed by atoms with Crippen LogP contribution in [0.1, 0.15) is 23.2 Å². The molecule has 2 heterocycles. The van der Waals surface area contributed by atoms with Crippen LogP contribution in [0.25, 0.3) is 11.3 Å². The van der Waals surface area contributed by atoms with Gasteiger partial charge >= 0.3 is 18.1 Å². The van der Waals surface area contributed by atoms with E-state index in [1.54, 1.807) is 41.7 Å². The molecule has 0 atom stereocenters. The third-order valence-electron chi connectivity index (χ3n) is 5.12. The summed E-state index contributed by atoms with van der Waals surface area (Å²) in [5.74, 6) is -3.92. The van der Waals surface area contributed by atoms with Gasteiger partial charge in [-0.25, -0.2) is 19.0 Å². The van der Waals surface area contributed by atoms with E-state index in [-0.39, 0.29) is 5.82 Å². The molecule has 1 aromatic heterocycles. The molecule has 0 spiro atoms. The molecule has 3 aromatic rings. The number of benzene rings is 2. The molecule has 0 radical (unpaired) electrons. The number of anilines is 2. The topological polar surface area (TPSA) is 103 Å². The standard InChI is InChI=1S/C21H20FN3O2S.C2HF3O2/c22-16-6-4-14(5-7-16)19-13-28-21(24-19)25-10-8-17(9-11-25)23-18-3-1-2-15(12-18)20(26)27;3-2(4,5)1(6)7/h1-7,12-13,17,23H,8-11H2,(H,26,27);(H,6,7). The van der Waals surface area contributed by atoms with Crippen molar-refractivity contribution in [1.82, 2.24) is 4.98 Å². The summed E-state index contributed by atoms with van der Waals surface area (Å²) in [7, 11) is 0. The minimum absolute atomic E-state index is 0.248. The molecule has 186 valence electrons. The molecular weight excluding hydrogens is 490 g/mol. The molecule has 0 aliphatic carbocycles. The number of nitrogens with one attached hydrogen (secondary N) is 1. The van der Waals surface area contributed by atoms with Crippen molar-refractivity contribution in [3.8, 4) is 11.3 Å². The number of hydrogen-bond donors (Lipinski definition) is 3. The van der Waals surface area contributed by atoms with Gasteiger partial charge in [-0.1, -0.05) is 6.07 Å². The lowest BCUT2D eigenvalue weighted by atomic mass is 10.0. The highest BCUT2D eigenvalue weighted by molar-refractivity contribution is 7.14. The number of rotatable bonds is 5.